The van der Waals surface area contributed by atoms with Gasteiger partial charge in [0.1, 0.15) is 11.4 Å². The number of hydrogen-bond acceptors (Lipinski definition) is 6. The first-order valence-electron chi connectivity index (χ1n) is 6.36. The minimum absolute atomic E-state index is 0.0933. The molecule has 1 aromatic rings. The zero-order valence-electron chi connectivity index (χ0n) is 12.0. The van der Waals surface area contributed by atoms with Gasteiger partial charge in [-0.15, -0.1) is 4.40 Å². The number of fused-ring (bicyclic) bond motifs is 1. The number of nitrogens with two attached hydrogens (primary N) is 1. The predicted octanol–water partition coefficient (Wildman–Crippen LogP) is -0.516. The topological polar surface area (TPSA) is 119 Å². The van der Waals surface area contributed by atoms with Crippen LogP contribution >= 0.6 is 0 Å². The van der Waals surface area contributed by atoms with Gasteiger partial charge in [0.25, 0.3) is 15.9 Å². The molecule has 8 nitrogen and oxygen atoms in total. The molecule has 1 heterocycles. The second kappa shape index (κ2) is 5.76. The lowest BCUT2D eigenvalue weighted by Gasteiger charge is -2.19. The molecule has 0 radical (unpaired) electrons. The number of carbonyl (C=O) groups excluding carboxylic acids is 2. The summed E-state index contributed by atoms with van der Waals surface area (Å²) in [6.07, 6.45) is -1.05. The van der Waals surface area contributed by atoms with Crippen molar-refractivity contribution in [1.82, 2.24) is 4.90 Å². The molecule has 0 bridgehead atoms. The molecular formula is C13H15N3O5S. The van der Waals surface area contributed by atoms with Gasteiger partial charge < -0.3 is 15.4 Å². The molecule has 0 aromatic heterocycles. The number of carbonyl (C=O) groups is 2. The Morgan fingerprint density at radius 3 is 2.64 bits per heavy atom. The summed E-state index contributed by atoms with van der Waals surface area (Å²) in [6, 6.07) is 6.32. The Morgan fingerprint density at radius 1 is 1.36 bits per heavy atom. The van der Waals surface area contributed by atoms with E-state index in [2.05, 4.69) is 4.40 Å². The summed E-state index contributed by atoms with van der Waals surface area (Å²) >= 11 is 0. The molecule has 1 aromatic carbocycles. The second-order valence-corrected chi connectivity index (χ2v) is 6.35. The Balaban J connectivity index is 2.16. The summed E-state index contributed by atoms with van der Waals surface area (Å²) in [5, 5.41) is 0. The molecule has 118 valence electrons. The van der Waals surface area contributed by atoms with Crippen LogP contribution in [0, 0.1) is 0 Å². The fourth-order valence-electron chi connectivity index (χ4n) is 1.92. The van der Waals surface area contributed by atoms with Crippen molar-refractivity contribution in [3.63, 3.8) is 0 Å². The molecule has 0 saturated heterocycles. The molecule has 0 spiro atoms. The summed E-state index contributed by atoms with van der Waals surface area (Å²) in [4.78, 5) is 24.0. The Labute approximate surface area is 127 Å². The van der Waals surface area contributed by atoms with E-state index >= 15 is 0 Å². The first-order chi connectivity index (χ1) is 10.2. The van der Waals surface area contributed by atoms with Crippen LogP contribution in [-0.4, -0.2) is 50.7 Å². The maximum Gasteiger partial charge on any atom is 0.326 e. The van der Waals surface area contributed by atoms with Crippen molar-refractivity contribution in [1.29, 1.82) is 0 Å². The van der Waals surface area contributed by atoms with Crippen LogP contribution in [0.5, 0.6) is 0 Å². The van der Waals surface area contributed by atoms with Crippen molar-refractivity contribution in [2.75, 3.05) is 13.6 Å². The summed E-state index contributed by atoms with van der Waals surface area (Å²) in [6.45, 7) is 1.09. The Bertz CT molecular complexity index is 757. The van der Waals surface area contributed by atoms with Gasteiger partial charge in [0.2, 0.25) is 0 Å². The van der Waals surface area contributed by atoms with Crippen LogP contribution in [0.4, 0.5) is 0 Å². The van der Waals surface area contributed by atoms with E-state index in [0.29, 0.717) is 5.56 Å². The number of likely N-dealkylation sites (N-methyl/N-ethyl adjacent to an activating group) is 1. The number of ether oxygens (including phenoxy) is 1. The predicted molar refractivity (Wildman–Crippen MR) is 77.5 cm³/mol. The Morgan fingerprint density at radius 2 is 2.00 bits per heavy atom. The Hall–Kier alpha value is -2.42. The molecular weight excluding hydrogens is 310 g/mol. The zero-order chi connectivity index (χ0) is 16.5. The molecule has 22 heavy (non-hydrogen) atoms. The van der Waals surface area contributed by atoms with E-state index in [4.69, 9.17) is 10.5 Å². The lowest BCUT2D eigenvalue weighted by atomic mass is 10.2. The quantitative estimate of drug-likeness (QED) is 0.744. The minimum Gasteiger partial charge on any atom is -0.451 e. The second-order valence-electron chi connectivity index (χ2n) is 4.78. The van der Waals surface area contributed by atoms with E-state index in [9.17, 15) is 18.0 Å². The average molecular weight is 325 g/mol. The van der Waals surface area contributed by atoms with Gasteiger partial charge in [-0.3, -0.25) is 9.59 Å². The summed E-state index contributed by atoms with van der Waals surface area (Å²) < 4.78 is 32.4. The van der Waals surface area contributed by atoms with Gasteiger partial charge in [0.15, 0.2) is 11.9 Å². The van der Waals surface area contributed by atoms with E-state index in [1.54, 1.807) is 18.2 Å². The highest BCUT2D eigenvalue weighted by molar-refractivity contribution is 7.90. The molecule has 0 unspecified atom stereocenters. The van der Waals surface area contributed by atoms with Gasteiger partial charge in [0.05, 0.1) is 0 Å². The first-order valence-corrected chi connectivity index (χ1v) is 7.80. The molecule has 0 fully saturated rings. The maximum absolute atomic E-state index is 11.9. The number of rotatable bonds is 4. The van der Waals surface area contributed by atoms with Crippen molar-refractivity contribution < 1.29 is 22.7 Å². The zero-order valence-corrected chi connectivity index (χ0v) is 12.8. The average Bonchev–Trinajstić information content (AvgIpc) is 2.71. The lowest BCUT2D eigenvalue weighted by Crippen LogP contribution is -2.37. The van der Waals surface area contributed by atoms with Crippen molar-refractivity contribution >= 4 is 27.7 Å². The van der Waals surface area contributed by atoms with Crippen LogP contribution in [0.3, 0.4) is 0 Å². The van der Waals surface area contributed by atoms with E-state index in [-0.39, 0.29) is 17.3 Å². The number of sulfonamides is 1. The van der Waals surface area contributed by atoms with E-state index < -0.39 is 28.0 Å². The molecule has 9 heteroatoms. The smallest absolute Gasteiger partial charge is 0.326 e. The van der Waals surface area contributed by atoms with E-state index in [0.717, 1.165) is 0 Å². The highest BCUT2D eigenvalue weighted by atomic mass is 32.2. The monoisotopic (exact) mass is 325 g/mol. The number of amides is 1. The summed E-state index contributed by atoms with van der Waals surface area (Å²) in [5.74, 6) is -1.32. The maximum atomic E-state index is 11.9. The van der Waals surface area contributed by atoms with Crippen LogP contribution in [0.15, 0.2) is 33.6 Å². The van der Waals surface area contributed by atoms with Crippen LogP contribution in [0.2, 0.25) is 0 Å². The van der Waals surface area contributed by atoms with Crippen molar-refractivity contribution in [3.05, 3.63) is 29.8 Å². The third kappa shape index (κ3) is 3.08. The van der Waals surface area contributed by atoms with Crippen molar-refractivity contribution in [3.8, 4) is 0 Å². The number of esters is 1. The Kier molecular flexibility index (Phi) is 4.18. The van der Waals surface area contributed by atoms with Gasteiger partial charge in [-0.1, -0.05) is 12.1 Å². The fourth-order valence-corrected chi connectivity index (χ4v) is 3.18. The first kappa shape index (κ1) is 16.0. The molecule has 0 aliphatic carbocycles. The summed E-state index contributed by atoms with van der Waals surface area (Å²) in [7, 11) is -2.25. The van der Waals surface area contributed by atoms with Gasteiger partial charge in [-0.2, -0.15) is 8.42 Å². The van der Waals surface area contributed by atoms with Gasteiger partial charge in [0, 0.05) is 12.6 Å². The number of amidine groups is 1. The SMILES string of the molecule is C[C@@H](OC(=O)CN(C)C1=NS(=O)(=O)c2ccccc21)C(N)=O. The standard InChI is InChI=1S/C13H15N3O5S/c1-8(12(14)18)21-11(17)7-16(2)13-9-5-3-4-6-10(9)22(19,20)15-13/h3-6,8H,7H2,1-2H3,(H2,14,18)/t8-/m1/s1. The number of nitrogens with zero attached hydrogens (tertiary/aromatic N) is 2. The van der Waals surface area contributed by atoms with Crippen LogP contribution in [0.25, 0.3) is 0 Å². The highest BCUT2D eigenvalue weighted by Crippen LogP contribution is 2.26. The van der Waals surface area contributed by atoms with Crippen molar-refractivity contribution in [2.45, 2.75) is 17.9 Å². The van der Waals surface area contributed by atoms with Crippen LogP contribution in [0.1, 0.15) is 12.5 Å². The van der Waals surface area contributed by atoms with Gasteiger partial charge >= 0.3 is 5.97 Å². The largest absolute Gasteiger partial charge is 0.451 e. The van der Waals surface area contributed by atoms with Gasteiger partial charge in [-0.25, -0.2) is 0 Å². The number of primary amides is 1. The third-order valence-corrected chi connectivity index (χ3v) is 4.37. The normalized spacial score (nSPS) is 16.4. The van der Waals surface area contributed by atoms with E-state index in [1.165, 1.54) is 24.9 Å². The van der Waals surface area contributed by atoms with Crippen molar-refractivity contribution in [2.24, 2.45) is 10.1 Å². The minimum atomic E-state index is -3.75. The number of hydrogen-bond donors (Lipinski definition) is 1. The molecule has 2 rings (SSSR count). The number of benzene rings is 1. The molecule has 1 aliphatic heterocycles. The molecule has 1 amide bonds. The fraction of sp³-hybridized carbons (Fsp3) is 0.308. The van der Waals surface area contributed by atoms with E-state index in [1.807, 2.05) is 0 Å². The molecule has 2 N–H and O–H groups in total. The third-order valence-electron chi connectivity index (χ3n) is 3.05. The molecule has 1 atom stereocenters. The highest BCUT2D eigenvalue weighted by Gasteiger charge is 2.31. The van der Waals surface area contributed by atoms with Crippen LogP contribution < -0.4 is 5.73 Å². The molecule has 0 saturated carbocycles. The molecule has 1 aliphatic rings. The summed E-state index contributed by atoms with van der Waals surface area (Å²) in [5.41, 5.74) is 5.42. The lowest BCUT2D eigenvalue weighted by molar-refractivity contribution is -0.153. The van der Waals surface area contributed by atoms with Gasteiger partial charge in [-0.05, 0) is 19.1 Å². The van der Waals surface area contributed by atoms with Crippen LogP contribution in [-0.2, 0) is 24.3 Å².